The number of nitrogens with zero attached hydrogens (tertiary/aromatic N) is 3. The van der Waals surface area contributed by atoms with Gasteiger partial charge in [0.05, 0.1) is 6.54 Å². The van der Waals surface area contributed by atoms with Gasteiger partial charge in [-0.2, -0.15) is 0 Å². The van der Waals surface area contributed by atoms with Crippen LogP contribution >= 0.6 is 0 Å². The van der Waals surface area contributed by atoms with E-state index in [0.717, 1.165) is 50.0 Å². The molecule has 1 unspecified atom stereocenters. The normalized spacial score (nSPS) is 18.4. The summed E-state index contributed by atoms with van der Waals surface area (Å²) >= 11 is 0. The molecule has 0 aliphatic carbocycles. The molecular weight excluding hydrogens is 310 g/mol. The van der Waals surface area contributed by atoms with Gasteiger partial charge >= 0.3 is 0 Å². The second-order valence-electron chi connectivity index (χ2n) is 7.20. The molecular formula is C21H25N3O. The fraction of sp³-hybridized carbons (Fsp3) is 0.381. The predicted molar refractivity (Wildman–Crippen MR) is 100 cm³/mol. The molecule has 1 saturated heterocycles. The predicted octanol–water partition coefficient (Wildman–Crippen LogP) is 3.78. The van der Waals surface area contributed by atoms with Gasteiger partial charge in [-0.3, -0.25) is 9.88 Å². The Labute approximate surface area is 149 Å². The molecule has 1 fully saturated rings. The second-order valence-corrected chi connectivity index (χ2v) is 7.20. The minimum atomic E-state index is 0.728. The number of hydrogen-bond donors (Lipinski definition) is 0. The number of para-hydroxylation sites is 1. The molecule has 3 heterocycles. The molecule has 0 saturated carbocycles. The second kappa shape index (κ2) is 7.38. The van der Waals surface area contributed by atoms with Crippen LogP contribution in [0.15, 0.2) is 59.3 Å². The Bertz CT molecular complexity index is 781. The van der Waals surface area contributed by atoms with E-state index in [1.807, 2.05) is 30.6 Å². The summed E-state index contributed by atoms with van der Waals surface area (Å²) in [6.45, 7) is 5.31. The Kier molecular flexibility index (Phi) is 4.81. The molecule has 4 rings (SSSR count). The molecule has 25 heavy (non-hydrogen) atoms. The third-order valence-electron chi connectivity index (χ3n) is 4.97. The molecule has 130 valence electrons. The topological polar surface area (TPSA) is 32.5 Å². The highest BCUT2D eigenvalue weighted by molar-refractivity contribution is 5.77. The van der Waals surface area contributed by atoms with E-state index in [1.165, 1.54) is 17.4 Å². The van der Waals surface area contributed by atoms with Crippen molar-refractivity contribution in [1.29, 1.82) is 0 Å². The van der Waals surface area contributed by atoms with E-state index in [4.69, 9.17) is 4.42 Å². The number of aromatic nitrogens is 1. The lowest BCUT2D eigenvalue weighted by molar-refractivity contribution is 0.248. The summed E-state index contributed by atoms with van der Waals surface area (Å²) in [6, 6.07) is 14.6. The molecule has 1 aromatic carbocycles. The average Bonchev–Trinajstić information content (AvgIpc) is 3.22. The molecule has 0 N–H and O–H groups in total. The zero-order valence-electron chi connectivity index (χ0n) is 14.8. The zero-order valence-corrected chi connectivity index (χ0v) is 14.8. The summed E-state index contributed by atoms with van der Waals surface area (Å²) in [4.78, 5) is 9.12. The number of pyridine rings is 1. The van der Waals surface area contributed by atoms with Gasteiger partial charge in [0.1, 0.15) is 11.3 Å². The van der Waals surface area contributed by atoms with E-state index in [2.05, 4.69) is 46.1 Å². The molecule has 4 nitrogen and oxygen atoms in total. The highest BCUT2D eigenvalue weighted by atomic mass is 16.3. The number of furan rings is 1. The van der Waals surface area contributed by atoms with Crippen molar-refractivity contribution in [2.75, 3.05) is 26.7 Å². The molecule has 3 aromatic rings. The molecule has 1 aliphatic rings. The van der Waals surface area contributed by atoms with Crippen LogP contribution in [0.2, 0.25) is 0 Å². The quantitative estimate of drug-likeness (QED) is 0.686. The fourth-order valence-electron chi connectivity index (χ4n) is 3.85. The van der Waals surface area contributed by atoms with Crippen LogP contribution < -0.4 is 0 Å². The maximum absolute atomic E-state index is 5.97. The van der Waals surface area contributed by atoms with Crippen LogP contribution in [0.1, 0.15) is 17.7 Å². The molecule has 0 bridgehead atoms. The molecule has 1 aliphatic heterocycles. The van der Waals surface area contributed by atoms with Gasteiger partial charge in [-0.05, 0) is 49.7 Å². The van der Waals surface area contributed by atoms with Crippen LogP contribution in [0.5, 0.6) is 0 Å². The first-order valence-electron chi connectivity index (χ1n) is 9.03. The Morgan fingerprint density at radius 3 is 3.00 bits per heavy atom. The van der Waals surface area contributed by atoms with Gasteiger partial charge in [0, 0.05) is 37.4 Å². The van der Waals surface area contributed by atoms with E-state index in [0.29, 0.717) is 0 Å². The van der Waals surface area contributed by atoms with Crippen LogP contribution in [0.25, 0.3) is 11.0 Å². The van der Waals surface area contributed by atoms with Gasteiger partial charge in [-0.25, -0.2) is 0 Å². The third kappa shape index (κ3) is 4.09. The van der Waals surface area contributed by atoms with Crippen molar-refractivity contribution in [3.63, 3.8) is 0 Å². The van der Waals surface area contributed by atoms with Crippen LogP contribution in [0, 0.1) is 5.92 Å². The summed E-state index contributed by atoms with van der Waals surface area (Å²) in [5, 5.41) is 1.20. The molecule has 2 aromatic heterocycles. The Hall–Kier alpha value is -2.17. The van der Waals surface area contributed by atoms with E-state index in [1.54, 1.807) is 0 Å². The fourth-order valence-corrected chi connectivity index (χ4v) is 3.85. The van der Waals surface area contributed by atoms with Crippen LogP contribution in [0.4, 0.5) is 0 Å². The lowest BCUT2D eigenvalue weighted by atomic mass is 10.1. The van der Waals surface area contributed by atoms with Crippen molar-refractivity contribution in [3.8, 4) is 0 Å². The third-order valence-corrected chi connectivity index (χ3v) is 4.97. The first-order valence-corrected chi connectivity index (χ1v) is 9.03. The first kappa shape index (κ1) is 16.3. The molecule has 0 spiro atoms. The highest BCUT2D eigenvalue weighted by Gasteiger charge is 2.24. The van der Waals surface area contributed by atoms with Gasteiger partial charge < -0.3 is 9.32 Å². The maximum atomic E-state index is 5.97. The molecule has 4 heteroatoms. The molecule has 0 radical (unpaired) electrons. The van der Waals surface area contributed by atoms with Crippen molar-refractivity contribution in [1.82, 2.24) is 14.8 Å². The van der Waals surface area contributed by atoms with Gasteiger partial charge in [0.2, 0.25) is 0 Å². The number of benzene rings is 1. The lowest BCUT2D eigenvalue weighted by Gasteiger charge is -2.21. The molecule has 1 atom stereocenters. The standard InChI is InChI=1S/C21H25N3O/c1-23(13-17-5-4-9-22-12-17)14-18-8-10-24(15-18)16-20-11-19-6-2-3-7-21(19)25-20/h2-7,9,11-12,18H,8,10,13-16H2,1H3. The first-order chi connectivity index (χ1) is 12.3. The van der Waals surface area contributed by atoms with Gasteiger partial charge in [-0.15, -0.1) is 0 Å². The van der Waals surface area contributed by atoms with Crippen molar-refractivity contribution >= 4 is 11.0 Å². The Morgan fingerprint density at radius 1 is 1.24 bits per heavy atom. The van der Waals surface area contributed by atoms with Crippen LogP contribution in [-0.2, 0) is 13.1 Å². The number of hydrogen-bond acceptors (Lipinski definition) is 4. The number of fused-ring (bicyclic) bond motifs is 1. The van der Waals surface area contributed by atoms with E-state index < -0.39 is 0 Å². The van der Waals surface area contributed by atoms with Crippen molar-refractivity contribution < 1.29 is 4.42 Å². The maximum Gasteiger partial charge on any atom is 0.134 e. The minimum Gasteiger partial charge on any atom is -0.460 e. The van der Waals surface area contributed by atoms with Crippen molar-refractivity contribution in [2.45, 2.75) is 19.5 Å². The molecule has 0 amide bonds. The summed E-state index contributed by atoms with van der Waals surface area (Å²) in [5.74, 6) is 1.80. The Morgan fingerprint density at radius 2 is 2.16 bits per heavy atom. The van der Waals surface area contributed by atoms with Crippen molar-refractivity contribution in [2.24, 2.45) is 5.92 Å². The minimum absolute atomic E-state index is 0.728. The van der Waals surface area contributed by atoms with E-state index in [9.17, 15) is 0 Å². The number of rotatable bonds is 6. The lowest BCUT2D eigenvalue weighted by Crippen LogP contribution is -2.28. The van der Waals surface area contributed by atoms with Crippen LogP contribution in [0.3, 0.4) is 0 Å². The van der Waals surface area contributed by atoms with Gasteiger partial charge in [0.15, 0.2) is 0 Å². The summed E-state index contributed by atoms with van der Waals surface area (Å²) < 4.78 is 5.97. The SMILES string of the molecule is CN(Cc1cccnc1)CC1CCN(Cc2cc3ccccc3o2)C1. The van der Waals surface area contributed by atoms with Crippen LogP contribution in [-0.4, -0.2) is 41.5 Å². The van der Waals surface area contributed by atoms with Gasteiger partial charge in [0.25, 0.3) is 0 Å². The monoisotopic (exact) mass is 335 g/mol. The summed E-state index contributed by atoms with van der Waals surface area (Å²) in [7, 11) is 2.20. The van der Waals surface area contributed by atoms with Gasteiger partial charge in [-0.1, -0.05) is 24.3 Å². The smallest absolute Gasteiger partial charge is 0.134 e. The largest absolute Gasteiger partial charge is 0.460 e. The van der Waals surface area contributed by atoms with Crippen molar-refractivity contribution in [3.05, 3.63) is 66.2 Å². The van der Waals surface area contributed by atoms with E-state index >= 15 is 0 Å². The highest BCUT2D eigenvalue weighted by Crippen LogP contribution is 2.24. The van der Waals surface area contributed by atoms with E-state index in [-0.39, 0.29) is 0 Å². The average molecular weight is 335 g/mol. The number of likely N-dealkylation sites (tertiary alicyclic amines) is 1. The Balaban J connectivity index is 1.29. The zero-order chi connectivity index (χ0) is 17.1. The summed E-state index contributed by atoms with van der Waals surface area (Å²) in [6.07, 6.45) is 5.05. The summed E-state index contributed by atoms with van der Waals surface area (Å²) in [5.41, 5.74) is 2.27.